The highest BCUT2D eigenvalue weighted by molar-refractivity contribution is 5.50. The lowest BCUT2D eigenvalue weighted by Crippen LogP contribution is -2.63. The number of fused-ring (bicyclic) bond motifs is 1. The van der Waals surface area contributed by atoms with Crippen molar-refractivity contribution in [3.05, 3.63) is 18.1 Å². The number of aromatic nitrogens is 4. The number of rotatable bonds is 2. The molecule has 6 heteroatoms. The van der Waals surface area contributed by atoms with E-state index < -0.39 is 5.60 Å². The fourth-order valence-corrected chi connectivity index (χ4v) is 2.79. The third kappa shape index (κ3) is 1.35. The van der Waals surface area contributed by atoms with Crippen LogP contribution in [0.1, 0.15) is 18.5 Å². The van der Waals surface area contributed by atoms with Crippen molar-refractivity contribution in [2.24, 2.45) is 5.92 Å². The van der Waals surface area contributed by atoms with Crippen LogP contribution in [0.25, 0.3) is 5.78 Å². The molecule has 0 amide bonds. The fraction of sp³-hybridized carbons (Fsp3) is 0.583. The molecule has 1 saturated carbocycles. The first-order valence-corrected chi connectivity index (χ1v) is 6.30. The predicted octanol–water partition coefficient (Wildman–Crippen LogP) is 0.394. The number of nitrogens with zero attached hydrogens (tertiary/aromatic N) is 5. The molecule has 1 aliphatic heterocycles. The summed E-state index contributed by atoms with van der Waals surface area (Å²) in [5.41, 5.74) is 0.441. The molecule has 2 fully saturated rings. The quantitative estimate of drug-likeness (QED) is 0.829. The summed E-state index contributed by atoms with van der Waals surface area (Å²) in [7, 11) is 0. The maximum atomic E-state index is 10.4. The van der Waals surface area contributed by atoms with Gasteiger partial charge in [0.25, 0.3) is 5.78 Å². The summed E-state index contributed by atoms with van der Waals surface area (Å²) >= 11 is 0. The van der Waals surface area contributed by atoms with Gasteiger partial charge in [-0.3, -0.25) is 0 Å². The van der Waals surface area contributed by atoms with Gasteiger partial charge in [0.1, 0.15) is 17.7 Å². The largest absolute Gasteiger partial charge is 0.386 e. The SMILES string of the molecule is Cc1cc(N2CC(O)(C3CC3)C2)n2ncnc2n1. The molecule has 2 aromatic heterocycles. The molecule has 2 aromatic rings. The molecule has 0 atom stereocenters. The van der Waals surface area contributed by atoms with Gasteiger partial charge >= 0.3 is 0 Å². The summed E-state index contributed by atoms with van der Waals surface area (Å²) in [6.45, 7) is 3.33. The van der Waals surface area contributed by atoms with E-state index in [9.17, 15) is 5.11 Å². The summed E-state index contributed by atoms with van der Waals surface area (Å²) in [5, 5.41) is 14.6. The van der Waals surface area contributed by atoms with Crippen molar-refractivity contribution in [1.82, 2.24) is 19.6 Å². The molecule has 0 aromatic carbocycles. The van der Waals surface area contributed by atoms with Crippen LogP contribution in [-0.4, -0.2) is 43.4 Å². The zero-order valence-corrected chi connectivity index (χ0v) is 10.2. The topological polar surface area (TPSA) is 66.5 Å². The molecule has 2 aliphatic rings. The first kappa shape index (κ1) is 10.3. The third-order valence-corrected chi connectivity index (χ3v) is 3.95. The Balaban J connectivity index is 1.69. The van der Waals surface area contributed by atoms with Crippen molar-refractivity contribution in [2.45, 2.75) is 25.4 Å². The number of hydrogen-bond acceptors (Lipinski definition) is 5. The maximum Gasteiger partial charge on any atom is 0.254 e. The second kappa shape index (κ2) is 3.20. The predicted molar refractivity (Wildman–Crippen MR) is 65.4 cm³/mol. The average Bonchev–Trinajstić information content (AvgIpc) is 3.04. The molecular formula is C12H15N5O. The first-order chi connectivity index (χ1) is 8.66. The van der Waals surface area contributed by atoms with Crippen LogP contribution >= 0.6 is 0 Å². The Morgan fingerprint density at radius 2 is 2.17 bits per heavy atom. The lowest BCUT2D eigenvalue weighted by atomic mass is 9.89. The van der Waals surface area contributed by atoms with Crippen LogP contribution in [0, 0.1) is 12.8 Å². The van der Waals surface area contributed by atoms with Gasteiger partial charge in [-0.1, -0.05) is 0 Å². The minimum absolute atomic E-state index is 0.482. The van der Waals surface area contributed by atoms with Gasteiger partial charge in [-0.2, -0.15) is 14.6 Å². The van der Waals surface area contributed by atoms with E-state index in [4.69, 9.17) is 0 Å². The number of β-amino-alcohol motifs (C(OH)–C–C–N with tert-alkyl or cyclic N) is 1. The van der Waals surface area contributed by atoms with Crippen molar-refractivity contribution in [2.75, 3.05) is 18.0 Å². The minimum atomic E-state index is -0.482. The average molecular weight is 245 g/mol. The zero-order chi connectivity index (χ0) is 12.3. The standard InChI is InChI=1S/C12H15N5O/c1-8-4-10(17-11(15-8)13-7-14-17)16-5-12(18,6-16)9-2-3-9/h4,7,9,18H,2-3,5-6H2,1H3. The van der Waals surface area contributed by atoms with Crippen LogP contribution in [0.2, 0.25) is 0 Å². The number of aryl methyl sites for hydroxylation is 1. The molecular weight excluding hydrogens is 230 g/mol. The molecule has 1 saturated heterocycles. The Morgan fingerprint density at radius 3 is 2.89 bits per heavy atom. The highest BCUT2D eigenvalue weighted by Crippen LogP contribution is 2.45. The molecule has 6 nitrogen and oxygen atoms in total. The molecule has 1 aliphatic carbocycles. The van der Waals surface area contributed by atoms with E-state index in [1.54, 1.807) is 4.52 Å². The van der Waals surface area contributed by atoms with Crippen LogP contribution < -0.4 is 4.90 Å². The van der Waals surface area contributed by atoms with Gasteiger partial charge in [-0.25, -0.2) is 4.98 Å². The fourth-order valence-electron chi connectivity index (χ4n) is 2.79. The monoisotopic (exact) mass is 245 g/mol. The number of anilines is 1. The summed E-state index contributed by atoms with van der Waals surface area (Å²) in [6.07, 6.45) is 3.84. The van der Waals surface area contributed by atoms with Gasteiger partial charge in [-0.15, -0.1) is 0 Å². The van der Waals surface area contributed by atoms with Crippen LogP contribution in [0.4, 0.5) is 5.82 Å². The van der Waals surface area contributed by atoms with E-state index in [2.05, 4.69) is 20.0 Å². The van der Waals surface area contributed by atoms with Crippen LogP contribution in [0.3, 0.4) is 0 Å². The van der Waals surface area contributed by atoms with E-state index in [1.807, 2.05) is 13.0 Å². The van der Waals surface area contributed by atoms with Crippen LogP contribution in [0.15, 0.2) is 12.4 Å². The Bertz CT molecular complexity index is 612. The highest BCUT2D eigenvalue weighted by atomic mass is 16.3. The molecule has 0 spiro atoms. The summed E-state index contributed by atoms with van der Waals surface area (Å²) in [6, 6.07) is 1.99. The Kier molecular flexibility index (Phi) is 1.82. The van der Waals surface area contributed by atoms with Crippen LogP contribution in [0.5, 0.6) is 0 Å². The summed E-state index contributed by atoms with van der Waals surface area (Å²) in [5.74, 6) is 2.09. The van der Waals surface area contributed by atoms with Crippen molar-refractivity contribution >= 4 is 11.6 Å². The molecule has 94 valence electrons. The van der Waals surface area contributed by atoms with Gasteiger partial charge in [0, 0.05) is 11.8 Å². The Hall–Kier alpha value is -1.69. The molecule has 1 N–H and O–H groups in total. The van der Waals surface area contributed by atoms with Crippen molar-refractivity contribution in [3.63, 3.8) is 0 Å². The van der Waals surface area contributed by atoms with E-state index in [0.717, 1.165) is 11.5 Å². The van der Waals surface area contributed by atoms with E-state index >= 15 is 0 Å². The number of aliphatic hydroxyl groups is 1. The van der Waals surface area contributed by atoms with Gasteiger partial charge in [-0.05, 0) is 25.7 Å². The minimum Gasteiger partial charge on any atom is -0.386 e. The summed E-state index contributed by atoms with van der Waals surface area (Å²) < 4.78 is 1.74. The molecule has 0 unspecified atom stereocenters. The zero-order valence-electron chi connectivity index (χ0n) is 10.2. The summed E-state index contributed by atoms with van der Waals surface area (Å²) in [4.78, 5) is 10.6. The molecule has 0 bridgehead atoms. The van der Waals surface area contributed by atoms with Crippen LogP contribution in [-0.2, 0) is 0 Å². The van der Waals surface area contributed by atoms with Crippen molar-refractivity contribution < 1.29 is 5.11 Å². The molecule has 3 heterocycles. The third-order valence-electron chi connectivity index (χ3n) is 3.95. The highest BCUT2D eigenvalue weighted by Gasteiger charge is 2.52. The van der Waals surface area contributed by atoms with Gasteiger partial charge in [0.15, 0.2) is 0 Å². The van der Waals surface area contributed by atoms with Gasteiger partial charge in [0.2, 0.25) is 0 Å². The van der Waals surface area contributed by atoms with E-state index in [-0.39, 0.29) is 0 Å². The lowest BCUT2D eigenvalue weighted by Gasteiger charge is -2.48. The second-order valence-corrected chi connectivity index (χ2v) is 5.46. The van der Waals surface area contributed by atoms with Crippen molar-refractivity contribution in [3.8, 4) is 0 Å². The second-order valence-electron chi connectivity index (χ2n) is 5.46. The Labute approximate surface area is 104 Å². The molecule has 0 radical (unpaired) electrons. The number of hydrogen-bond donors (Lipinski definition) is 1. The lowest BCUT2D eigenvalue weighted by molar-refractivity contribution is -0.00995. The Morgan fingerprint density at radius 1 is 1.39 bits per heavy atom. The smallest absolute Gasteiger partial charge is 0.254 e. The first-order valence-electron chi connectivity index (χ1n) is 6.30. The molecule has 18 heavy (non-hydrogen) atoms. The van der Waals surface area contributed by atoms with Gasteiger partial charge < -0.3 is 10.0 Å². The van der Waals surface area contributed by atoms with Gasteiger partial charge in [0.05, 0.1) is 13.1 Å². The molecule has 4 rings (SSSR count). The van der Waals surface area contributed by atoms with E-state index in [0.29, 0.717) is 24.8 Å². The van der Waals surface area contributed by atoms with E-state index in [1.165, 1.54) is 19.2 Å². The maximum absolute atomic E-state index is 10.4. The normalized spacial score (nSPS) is 22.2. The van der Waals surface area contributed by atoms with Crippen molar-refractivity contribution in [1.29, 1.82) is 0 Å².